The number of thiocyanates is 1. The molecular weight excluding hydrogens is 404 g/mol. The van der Waals surface area contributed by atoms with Gasteiger partial charge in [-0.25, -0.2) is 8.78 Å². The Labute approximate surface area is 171 Å². The van der Waals surface area contributed by atoms with Crippen molar-refractivity contribution in [2.24, 2.45) is 5.10 Å². The lowest BCUT2D eigenvalue weighted by atomic mass is 9.91. The van der Waals surface area contributed by atoms with Gasteiger partial charge in [0, 0.05) is 40.2 Å². The van der Waals surface area contributed by atoms with Gasteiger partial charge in [-0.3, -0.25) is 5.01 Å². The first-order valence-corrected chi connectivity index (χ1v) is 9.51. The van der Waals surface area contributed by atoms with Crippen LogP contribution in [-0.2, 0) is 10.3 Å². The Morgan fingerprint density at radius 1 is 1.43 bits per heavy atom. The van der Waals surface area contributed by atoms with E-state index >= 15 is 0 Å². The Bertz CT molecular complexity index is 978. The van der Waals surface area contributed by atoms with Gasteiger partial charge in [-0.1, -0.05) is 42.4 Å². The summed E-state index contributed by atoms with van der Waals surface area (Å²) in [5.74, 6) is -1.41. The summed E-state index contributed by atoms with van der Waals surface area (Å²) in [6.07, 6.45) is 0.973. The third-order valence-corrected chi connectivity index (χ3v) is 5.24. The summed E-state index contributed by atoms with van der Waals surface area (Å²) >= 11 is 7.15. The zero-order chi connectivity index (χ0) is 20.3. The predicted molar refractivity (Wildman–Crippen MR) is 107 cm³/mol. The van der Waals surface area contributed by atoms with E-state index in [0.29, 0.717) is 15.6 Å². The predicted octanol–water partition coefficient (Wildman–Crippen LogP) is 5.58. The number of hydrogen-bond donors (Lipinski definition) is 0. The fraction of sp³-hybridized carbons (Fsp3) is 0.200. The van der Waals surface area contributed by atoms with E-state index in [-0.39, 0.29) is 12.1 Å². The molecule has 8 heteroatoms. The van der Waals surface area contributed by atoms with Crippen LogP contribution >= 0.6 is 23.4 Å². The van der Waals surface area contributed by atoms with E-state index in [9.17, 15) is 8.78 Å². The first kappa shape index (κ1) is 20.3. The second-order valence-electron chi connectivity index (χ2n) is 6.05. The fourth-order valence-electron chi connectivity index (χ4n) is 3.08. The van der Waals surface area contributed by atoms with E-state index in [4.69, 9.17) is 21.6 Å². The van der Waals surface area contributed by atoms with Crippen LogP contribution in [0.5, 0.6) is 0 Å². The number of hydrazone groups is 1. The summed E-state index contributed by atoms with van der Waals surface area (Å²) in [6.45, 7) is 5.62. The normalized spacial score (nSPS) is 20.8. The average molecular weight is 420 g/mol. The molecule has 0 N–H and O–H groups in total. The SMILES string of the molecule is C=C(SC#N)N(C[C@]1(c2ccc(F)cc2F)O[C@@H]1c1ccccc1Cl)/N=C\C. The summed E-state index contributed by atoms with van der Waals surface area (Å²) < 4.78 is 34.1. The van der Waals surface area contributed by atoms with Crippen molar-refractivity contribution in [2.45, 2.75) is 18.6 Å². The van der Waals surface area contributed by atoms with Crippen molar-refractivity contribution in [1.82, 2.24) is 5.01 Å². The zero-order valence-electron chi connectivity index (χ0n) is 14.9. The first-order chi connectivity index (χ1) is 13.4. The monoisotopic (exact) mass is 419 g/mol. The Kier molecular flexibility index (Phi) is 6.04. The molecule has 0 amide bonds. The third-order valence-electron chi connectivity index (χ3n) is 4.36. The molecule has 0 unspecified atom stereocenters. The van der Waals surface area contributed by atoms with Crippen LogP contribution in [0.25, 0.3) is 0 Å². The third kappa shape index (κ3) is 3.90. The Balaban J connectivity index is 2.05. The Morgan fingerprint density at radius 3 is 2.82 bits per heavy atom. The lowest BCUT2D eigenvalue weighted by Gasteiger charge is -2.24. The molecule has 0 bridgehead atoms. The molecule has 1 saturated heterocycles. The number of benzene rings is 2. The number of thioether (sulfide) groups is 1. The van der Waals surface area contributed by atoms with Gasteiger partial charge in [0.25, 0.3) is 0 Å². The van der Waals surface area contributed by atoms with Crippen LogP contribution in [0.2, 0.25) is 5.02 Å². The van der Waals surface area contributed by atoms with Crippen molar-refractivity contribution in [1.29, 1.82) is 5.26 Å². The van der Waals surface area contributed by atoms with Crippen molar-refractivity contribution in [3.8, 4) is 5.40 Å². The molecule has 0 aliphatic carbocycles. The number of nitriles is 1. The van der Waals surface area contributed by atoms with Gasteiger partial charge >= 0.3 is 0 Å². The van der Waals surface area contributed by atoms with Gasteiger partial charge in [0.15, 0.2) is 0 Å². The van der Waals surface area contributed by atoms with Crippen LogP contribution in [0, 0.1) is 22.3 Å². The van der Waals surface area contributed by atoms with Crippen molar-refractivity contribution in [3.05, 3.63) is 81.9 Å². The lowest BCUT2D eigenvalue weighted by Crippen LogP contribution is -2.29. The van der Waals surface area contributed by atoms with Crippen LogP contribution < -0.4 is 0 Å². The van der Waals surface area contributed by atoms with Crippen molar-refractivity contribution in [2.75, 3.05) is 6.54 Å². The topological polar surface area (TPSA) is 51.9 Å². The van der Waals surface area contributed by atoms with Gasteiger partial charge in [-0.15, -0.1) is 0 Å². The highest BCUT2D eigenvalue weighted by Crippen LogP contribution is 2.59. The first-order valence-electron chi connectivity index (χ1n) is 8.31. The second kappa shape index (κ2) is 8.31. The number of rotatable bonds is 7. The van der Waals surface area contributed by atoms with Crippen LogP contribution in [0.1, 0.15) is 24.2 Å². The largest absolute Gasteiger partial charge is 0.354 e. The Morgan fingerprint density at radius 2 is 2.18 bits per heavy atom. The van der Waals surface area contributed by atoms with E-state index in [1.807, 2.05) is 5.40 Å². The average Bonchev–Trinajstić information content (AvgIpc) is 3.36. The maximum Gasteiger partial charge on any atom is 0.147 e. The summed E-state index contributed by atoms with van der Waals surface area (Å²) in [5, 5.41) is 17.4. The molecule has 0 spiro atoms. The molecule has 0 saturated carbocycles. The molecule has 2 atom stereocenters. The minimum atomic E-state index is -1.16. The van der Waals surface area contributed by atoms with Crippen molar-refractivity contribution < 1.29 is 13.5 Å². The van der Waals surface area contributed by atoms with E-state index in [1.54, 1.807) is 31.2 Å². The maximum atomic E-state index is 14.7. The molecule has 1 fully saturated rings. The molecule has 1 aliphatic rings. The molecular formula is C20H16ClF2N3OS. The minimum Gasteiger partial charge on any atom is -0.354 e. The lowest BCUT2D eigenvalue weighted by molar-refractivity contribution is 0.225. The summed E-state index contributed by atoms with van der Waals surface area (Å²) in [5.41, 5.74) is -0.287. The molecule has 4 nitrogen and oxygen atoms in total. The molecule has 3 rings (SSSR count). The Hall–Kier alpha value is -2.40. The number of epoxide rings is 1. The summed E-state index contributed by atoms with van der Waals surface area (Å²) in [7, 11) is 0. The van der Waals surface area contributed by atoms with Gasteiger partial charge in [0.05, 0.1) is 11.6 Å². The van der Waals surface area contributed by atoms with Gasteiger partial charge in [0.1, 0.15) is 28.7 Å². The minimum absolute atomic E-state index is 0.0727. The van der Waals surface area contributed by atoms with Crippen molar-refractivity contribution >= 4 is 29.6 Å². The summed E-state index contributed by atoms with van der Waals surface area (Å²) in [4.78, 5) is 0. The molecule has 2 aromatic rings. The van der Waals surface area contributed by atoms with Crippen LogP contribution in [-0.4, -0.2) is 17.8 Å². The highest BCUT2D eigenvalue weighted by molar-refractivity contribution is 8.07. The molecule has 144 valence electrons. The second-order valence-corrected chi connectivity index (χ2v) is 7.32. The van der Waals surface area contributed by atoms with Gasteiger partial charge in [-0.2, -0.15) is 10.4 Å². The highest BCUT2D eigenvalue weighted by atomic mass is 35.5. The van der Waals surface area contributed by atoms with Crippen LogP contribution in [0.4, 0.5) is 8.78 Å². The van der Waals surface area contributed by atoms with Crippen LogP contribution in [0.3, 0.4) is 0 Å². The van der Waals surface area contributed by atoms with Gasteiger partial charge in [0.2, 0.25) is 0 Å². The van der Waals surface area contributed by atoms with Gasteiger partial charge < -0.3 is 4.74 Å². The van der Waals surface area contributed by atoms with Crippen LogP contribution in [0.15, 0.2) is 59.2 Å². The number of ether oxygens (including phenoxy) is 1. The van der Waals surface area contributed by atoms with E-state index in [0.717, 1.165) is 17.8 Å². The molecule has 0 radical (unpaired) electrons. The number of halogens is 3. The molecule has 2 aromatic carbocycles. The van der Waals surface area contributed by atoms with Crippen molar-refractivity contribution in [3.63, 3.8) is 0 Å². The maximum absolute atomic E-state index is 14.7. The fourth-order valence-corrected chi connectivity index (χ4v) is 3.64. The quantitative estimate of drug-likeness (QED) is 0.254. The number of hydrogen-bond acceptors (Lipinski definition) is 5. The molecule has 1 heterocycles. The standard InChI is InChI=1S/C20H16ClF2N3OS/c1-3-25-26(13(2)28-12-24)11-20(16-9-8-14(22)10-18(16)23)19(27-20)15-6-4-5-7-17(15)21/h3-10,19H,2,11H2,1H3/b25-3-/t19-,20-/m1/s1. The molecule has 0 aromatic heterocycles. The number of nitrogens with zero attached hydrogens (tertiary/aromatic N) is 3. The van der Waals surface area contributed by atoms with E-state index in [2.05, 4.69) is 11.7 Å². The van der Waals surface area contributed by atoms with E-state index < -0.39 is 23.3 Å². The highest BCUT2D eigenvalue weighted by Gasteiger charge is 2.61. The smallest absolute Gasteiger partial charge is 0.147 e. The zero-order valence-corrected chi connectivity index (χ0v) is 16.5. The molecule has 28 heavy (non-hydrogen) atoms. The summed E-state index contributed by atoms with van der Waals surface area (Å²) in [6, 6.07) is 10.5. The van der Waals surface area contributed by atoms with Gasteiger partial charge in [-0.05, 0) is 19.1 Å². The van der Waals surface area contributed by atoms with E-state index in [1.165, 1.54) is 23.4 Å². The molecule has 1 aliphatic heterocycles.